The van der Waals surface area contributed by atoms with Gasteiger partial charge < -0.3 is 19.4 Å². The van der Waals surface area contributed by atoms with Gasteiger partial charge in [0.05, 0.1) is 7.11 Å². The molecule has 0 aliphatic carbocycles. The van der Waals surface area contributed by atoms with E-state index < -0.39 is 0 Å². The fourth-order valence-electron chi connectivity index (χ4n) is 5.40. The van der Waals surface area contributed by atoms with Crippen LogP contribution in [0, 0.1) is 0 Å². The smallest absolute Gasteiger partial charge is 0.221 e. The molecule has 6 nitrogen and oxygen atoms in total. The number of para-hydroxylation sites is 2. The van der Waals surface area contributed by atoms with Crippen molar-refractivity contribution in [2.45, 2.75) is 25.4 Å². The zero-order chi connectivity index (χ0) is 29.4. The molecule has 6 aromatic rings. The molecule has 0 unspecified atom stereocenters. The second kappa shape index (κ2) is 13.1. The average Bonchev–Trinajstić information content (AvgIpc) is 3.42. The van der Waals surface area contributed by atoms with Gasteiger partial charge in [0.2, 0.25) is 5.91 Å². The second-order valence-electron chi connectivity index (χ2n) is 10.5. The van der Waals surface area contributed by atoms with Crippen LogP contribution in [0.4, 0.5) is 0 Å². The van der Waals surface area contributed by atoms with Crippen molar-refractivity contribution in [1.29, 1.82) is 0 Å². The zero-order valence-electron chi connectivity index (χ0n) is 24.0. The molecule has 6 heteroatoms. The molecule has 0 bridgehead atoms. The molecular weight excluding hydrogens is 534 g/mol. The molecule has 0 aliphatic heterocycles. The number of nitrogens with zero attached hydrogens (tertiary/aromatic N) is 2. The first kappa shape index (κ1) is 27.8. The van der Waals surface area contributed by atoms with E-state index in [2.05, 4.69) is 63.5 Å². The molecule has 1 N–H and O–H groups in total. The fourth-order valence-corrected chi connectivity index (χ4v) is 5.40. The Morgan fingerprint density at radius 1 is 0.791 bits per heavy atom. The van der Waals surface area contributed by atoms with Crippen LogP contribution in [0.15, 0.2) is 134 Å². The standard InChI is InChI=1S/C37H33N3O3/c1-42-30-16-14-28(15-17-30)25-40-26-35(33-12-5-6-13-36(33)40)34(23-37(41)39-24-27-18-20-38-21-19-27)29-8-7-11-32(22-29)43-31-9-3-2-4-10-31/h2-22,26,34H,23-25H2,1H3,(H,39,41)/t34-/m1/s1. The van der Waals surface area contributed by atoms with E-state index in [1.165, 1.54) is 0 Å². The summed E-state index contributed by atoms with van der Waals surface area (Å²) in [5.41, 5.74) is 5.40. The van der Waals surface area contributed by atoms with Crippen LogP contribution in [0.25, 0.3) is 10.9 Å². The van der Waals surface area contributed by atoms with Gasteiger partial charge in [-0.05, 0) is 76.9 Å². The lowest BCUT2D eigenvalue weighted by Crippen LogP contribution is -2.25. The predicted octanol–water partition coefficient (Wildman–Crippen LogP) is 7.72. The maximum absolute atomic E-state index is 13.5. The van der Waals surface area contributed by atoms with Gasteiger partial charge in [-0.15, -0.1) is 0 Å². The summed E-state index contributed by atoms with van der Waals surface area (Å²) in [5, 5.41) is 4.23. The van der Waals surface area contributed by atoms with Crippen LogP contribution >= 0.6 is 0 Å². The number of methoxy groups -OCH3 is 1. The Bertz CT molecular complexity index is 1800. The van der Waals surface area contributed by atoms with Crippen LogP contribution in [0.3, 0.4) is 0 Å². The van der Waals surface area contributed by atoms with Crippen molar-refractivity contribution in [3.05, 3.63) is 156 Å². The van der Waals surface area contributed by atoms with Gasteiger partial charge in [-0.2, -0.15) is 0 Å². The van der Waals surface area contributed by atoms with E-state index in [1.54, 1.807) is 19.5 Å². The maximum Gasteiger partial charge on any atom is 0.221 e. The summed E-state index contributed by atoms with van der Waals surface area (Å²) < 4.78 is 13.8. The highest BCUT2D eigenvalue weighted by Gasteiger charge is 2.23. The van der Waals surface area contributed by atoms with E-state index in [0.717, 1.165) is 50.4 Å². The van der Waals surface area contributed by atoms with Crippen molar-refractivity contribution in [1.82, 2.24) is 14.9 Å². The first-order valence-corrected chi connectivity index (χ1v) is 14.4. The number of aromatic nitrogens is 2. The molecule has 1 atom stereocenters. The van der Waals surface area contributed by atoms with Crippen LogP contribution in [0.2, 0.25) is 0 Å². The molecule has 1 amide bonds. The molecular formula is C37H33N3O3. The van der Waals surface area contributed by atoms with Crippen molar-refractivity contribution in [3.63, 3.8) is 0 Å². The van der Waals surface area contributed by atoms with E-state index in [0.29, 0.717) is 13.1 Å². The van der Waals surface area contributed by atoms with Crippen LogP contribution < -0.4 is 14.8 Å². The van der Waals surface area contributed by atoms with Crippen LogP contribution in [-0.2, 0) is 17.9 Å². The quantitative estimate of drug-likeness (QED) is 0.174. The van der Waals surface area contributed by atoms with Gasteiger partial charge in [-0.25, -0.2) is 0 Å². The molecule has 0 saturated carbocycles. The molecule has 4 aromatic carbocycles. The number of carbonyl (C=O) groups excluding carboxylic acids is 1. The molecule has 2 aromatic heterocycles. The summed E-state index contributed by atoms with van der Waals surface area (Å²) in [6.45, 7) is 1.15. The second-order valence-corrected chi connectivity index (χ2v) is 10.5. The number of hydrogen-bond donors (Lipinski definition) is 1. The number of amides is 1. The Hall–Kier alpha value is -5.36. The summed E-state index contributed by atoms with van der Waals surface area (Å²) in [4.78, 5) is 17.5. The number of carbonyl (C=O) groups is 1. The number of ether oxygens (including phenoxy) is 2. The highest BCUT2D eigenvalue weighted by atomic mass is 16.5. The lowest BCUT2D eigenvalue weighted by molar-refractivity contribution is -0.121. The molecule has 6 rings (SSSR count). The largest absolute Gasteiger partial charge is 0.497 e. The lowest BCUT2D eigenvalue weighted by atomic mass is 9.88. The maximum atomic E-state index is 13.5. The summed E-state index contributed by atoms with van der Waals surface area (Å²) in [6, 6.07) is 38.1. The number of hydrogen-bond acceptors (Lipinski definition) is 4. The van der Waals surface area contributed by atoms with Crippen LogP contribution in [0.5, 0.6) is 17.2 Å². The van der Waals surface area contributed by atoms with E-state index in [4.69, 9.17) is 9.47 Å². The van der Waals surface area contributed by atoms with E-state index in [9.17, 15) is 4.79 Å². The molecule has 0 saturated heterocycles. The van der Waals surface area contributed by atoms with Gasteiger partial charge >= 0.3 is 0 Å². The summed E-state index contributed by atoms with van der Waals surface area (Å²) in [7, 11) is 1.67. The van der Waals surface area contributed by atoms with Crippen molar-refractivity contribution >= 4 is 16.8 Å². The van der Waals surface area contributed by atoms with Crippen LogP contribution in [0.1, 0.15) is 34.6 Å². The van der Waals surface area contributed by atoms with Crippen molar-refractivity contribution in [2.24, 2.45) is 0 Å². The molecule has 0 spiro atoms. The molecule has 2 heterocycles. The third-order valence-electron chi connectivity index (χ3n) is 7.57. The predicted molar refractivity (Wildman–Crippen MR) is 170 cm³/mol. The van der Waals surface area contributed by atoms with Gasteiger partial charge in [0.1, 0.15) is 17.2 Å². The SMILES string of the molecule is COc1ccc(Cn2cc([C@H](CC(=O)NCc3ccncc3)c3cccc(Oc4ccccc4)c3)c3ccccc32)cc1. The molecule has 0 aliphatic rings. The minimum Gasteiger partial charge on any atom is -0.497 e. The Labute approximate surface area is 251 Å². The van der Waals surface area contributed by atoms with Gasteiger partial charge in [-0.3, -0.25) is 9.78 Å². The first-order valence-electron chi connectivity index (χ1n) is 14.4. The fraction of sp³-hybridized carbons (Fsp3) is 0.135. The highest BCUT2D eigenvalue weighted by Crippen LogP contribution is 2.37. The van der Waals surface area contributed by atoms with E-state index in [1.807, 2.05) is 72.8 Å². The van der Waals surface area contributed by atoms with Crippen molar-refractivity contribution in [3.8, 4) is 17.2 Å². The molecule has 0 fully saturated rings. The van der Waals surface area contributed by atoms with Gasteiger partial charge in [0.25, 0.3) is 0 Å². The Kier molecular flexibility index (Phi) is 8.46. The molecule has 43 heavy (non-hydrogen) atoms. The summed E-state index contributed by atoms with van der Waals surface area (Å²) in [6.07, 6.45) is 5.96. The minimum atomic E-state index is -0.196. The van der Waals surface area contributed by atoms with Crippen molar-refractivity contribution < 1.29 is 14.3 Å². The van der Waals surface area contributed by atoms with Gasteiger partial charge in [0, 0.05) is 54.9 Å². The van der Waals surface area contributed by atoms with Crippen molar-refractivity contribution in [2.75, 3.05) is 7.11 Å². The van der Waals surface area contributed by atoms with E-state index >= 15 is 0 Å². The monoisotopic (exact) mass is 567 g/mol. The Morgan fingerprint density at radius 2 is 1.53 bits per heavy atom. The van der Waals surface area contributed by atoms with E-state index in [-0.39, 0.29) is 18.2 Å². The normalized spacial score (nSPS) is 11.7. The lowest BCUT2D eigenvalue weighted by Gasteiger charge is -2.18. The van der Waals surface area contributed by atoms with Crippen LogP contribution in [-0.4, -0.2) is 22.6 Å². The highest BCUT2D eigenvalue weighted by molar-refractivity contribution is 5.87. The number of pyridine rings is 1. The Morgan fingerprint density at radius 3 is 2.33 bits per heavy atom. The summed E-state index contributed by atoms with van der Waals surface area (Å²) in [5.74, 6) is 2.11. The topological polar surface area (TPSA) is 65.4 Å². The molecule has 0 radical (unpaired) electrons. The number of fused-ring (bicyclic) bond motifs is 1. The summed E-state index contributed by atoms with van der Waals surface area (Å²) >= 11 is 0. The zero-order valence-corrected chi connectivity index (χ0v) is 24.0. The van der Waals surface area contributed by atoms with Gasteiger partial charge in [-0.1, -0.05) is 60.7 Å². The third kappa shape index (κ3) is 6.76. The number of nitrogens with one attached hydrogen (secondary N) is 1. The molecule has 214 valence electrons. The minimum absolute atomic E-state index is 0.0248. The number of rotatable bonds is 11. The third-order valence-corrected chi connectivity index (χ3v) is 7.57. The average molecular weight is 568 g/mol. The van der Waals surface area contributed by atoms with Gasteiger partial charge in [0.15, 0.2) is 0 Å². The first-order chi connectivity index (χ1) is 21.2. The Balaban J connectivity index is 1.35. The number of benzene rings is 4.